The minimum Gasteiger partial charge on any atom is -0.325 e. The average molecular weight is 270 g/mol. The van der Waals surface area contributed by atoms with Crippen LogP contribution in [0.2, 0.25) is 5.02 Å². The SMILES string of the molecule is Cc1nn(C)c(CC2(N)CC(C)CC(C)C2)c1Cl. The van der Waals surface area contributed by atoms with Crippen LogP contribution in [0.5, 0.6) is 0 Å². The van der Waals surface area contributed by atoms with E-state index in [1.54, 1.807) is 0 Å². The summed E-state index contributed by atoms with van der Waals surface area (Å²) in [6.45, 7) is 6.54. The van der Waals surface area contributed by atoms with Gasteiger partial charge >= 0.3 is 0 Å². The summed E-state index contributed by atoms with van der Waals surface area (Å²) in [5.74, 6) is 1.40. The molecule has 0 spiro atoms. The zero-order chi connectivity index (χ0) is 13.5. The number of aromatic nitrogens is 2. The van der Waals surface area contributed by atoms with Gasteiger partial charge in [0.05, 0.1) is 16.4 Å². The summed E-state index contributed by atoms with van der Waals surface area (Å²) in [6.07, 6.45) is 4.28. The summed E-state index contributed by atoms with van der Waals surface area (Å²) in [4.78, 5) is 0. The van der Waals surface area contributed by atoms with Crippen LogP contribution in [0.25, 0.3) is 0 Å². The minimum atomic E-state index is -0.124. The van der Waals surface area contributed by atoms with E-state index >= 15 is 0 Å². The van der Waals surface area contributed by atoms with Gasteiger partial charge in [0.15, 0.2) is 0 Å². The van der Waals surface area contributed by atoms with Gasteiger partial charge in [-0.2, -0.15) is 5.10 Å². The number of hydrogen-bond acceptors (Lipinski definition) is 2. The number of hydrogen-bond donors (Lipinski definition) is 1. The van der Waals surface area contributed by atoms with Crippen LogP contribution in [0, 0.1) is 18.8 Å². The van der Waals surface area contributed by atoms with Crippen LogP contribution in [-0.4, -0.2) is 15.3 Å². The van der Waals surface area contributed by atoms with Crippen molar-refractivity contribution in [2.24, 2.45) is 24.6 Å². The molecule has 1 aromatic heterocycles. The van der Waals surface area contributed by atoms with Gasteiger partial charge in [-0.05, 0) is 38.0 Å². The average Bonchev–Trinajstić information content (AvgIpc) is 2.42. The Balaban J connectivity index is 2.21. The fourth-order valence-electron chi connectivity index (χ4n) is 3.67. The van der Waals surface area contributed by atoms with Crippen LogP contribution < -0.4 is 5.73 Å². The first-order chi connectivity index (χ1) is 8.31. The summed E-state index contributed by atoms with van der Waals surface area (Å²) in [5, 5.41) is 5.16. The lowest BCUT2D eigenvalue weighted by Gasteiger charge is -2.40. The van der Waals surface area contributed by atoms with Crippen molar-refractivity contribution < 1.29 is 0 Å². The highest BCUT2D eigenvalue weighted by molar-refractivity contribution is 6.31. The lowest BCUT2D eigenvalue weighted by Crippen LogP contribution is -2.48. The van der Waals surface area contributed by atoms with E-state index in [1.807, 2.05) is 18.7 Å². The maximum Gasteiger partial charge on any atom is 0.0847 e. The molecule has 2 N–H and O–H groups in total. The molecule has 1 fully saturated rings. The van der Waals surface area contributed by atoms with Crippen molar-refractivity contribution in [2.75, 3.05) is 0 Å². The van der Waals surface area contributed by atoms with E-state index < -0.39 is 0 Å². The second-order valence-electron chi connectivity index (χ2n) is 6.36. The first-order valence-corrected chi connectivity index (χ1v) is 7.15. The lowest BCUT2D eigenvalue weighted by molar-refractivity contribution is 0.180. The number of nitrogens with zero attached hydrogens (tertiary/aromatic N) is 2. The molecule has 4 heteroatoms. The predicted molar refractivity (Wildman–Crippen MR) is 75.8 cm³/mol. The summed E-state index contributed by atoms with van der Waals surface area (Å²) in [7, 11) is 1.95. The van der Waals surface area contributed by atoms with E-state index in [0.717, 1.165) is 35.7 Å². The molecule has 0 aromatic carbocycles. The Bertz CT molecular complexity index is 428. The number of halogens is 1. The van der Waals surface area contributed by atoms with Crippen molar-refractivity contribution in [1.29, 1.82) is 0 Å². The standard InChI is InChI=1S/C14H24ClN3/c1-9-5-10(2)7-14(16,6-9)8-12-13(15)11(3)17-18(12)4/h9-10H,5-8,16H2,1-4H3. The molecular formula is C14H24ClN3. The van der Waals surface area contributed by atoms with Gasteiger partial charge in [-0.25, -0.2) is 0 Å². The predicted octanol–water partition coefficient (Wildman–Crippen LogP) is 3.08. The summed E-state index contributed by atoms with van der Waals surface area (Å²) in [6, 6.07) is 0. The van der Waals surface area contributed by atoms with Crippen molar-refractivity contribution in [3.63, 3.8) is 0 Å². The quantitative estimate of drug-likeness (QED) is 0.897. The Morgan fingerprint density at radius 2 is 1.94 bits per heavy atom. The third-order valence-corrected chi connectivity index (χ3v) is 4.59. The van der Waals surface area contributed by atoms with Crippen molar-refractivity contribution in [3.8, 4) is 0 Å². The normalized spacial score (nSPS) is 32.8. The molecule has 1 aliphatic rings. The highest BCUT2D eigenvalue weighted by atomic mass is 35.5. The molecule has 0 aliphatic heterocycles. The fraction of sp³-hybridized carbons (Fsp3) is 0.786. The molecule has 1 aromatic rings. The smallest absolute Gasteiger partial charge is 0.0847 e. The third-order valence-electron chi connectivity index (χ3n) is 4.10. The van der Waals surface area contributed by atoms with Crippen molar-refractivity contribution in [2.45, 2.75) is 52.0 Å². The van der Waals surface area contributed by atoms with Crippen LogP contribution in [0.4, 0.5) is 0 Å². The van der Waals surface area contributed by atoms with Crippen molar-refractivity contribution >= 4 is 11.6 Å². The van der Waals surface area contributed by atoms with Crippen LogP contribution >= 0.6 is 11.6 Å². The Kier molecular flexibility index (Phi) is 3.75. The monoisotopic (exact) mass is 269 g/mol. The van der Waals surface area contributed by atoms with E-state index in [2.05, 4.69) is 18.9 Å². The number of nitrogens with two attached hydrogens (primary N) is 1. The maximum absolute atomic E-state index is 6.62. The topological polar surface area (TPSA) is 43.8 Å². The van der Waals surface area contributed by atoms with Gasteiger partial charge in [0, 0.05) is 19.0 Å². The van der Waals surface area contributed by atoms with Gasteiger partial charge in [-0.3, -0.25) is 4.68 Å². The van der Waals surface area contributed by atoms with Gasteiger partial charge < -0.3 is 5.73 Å². The number of rotatable bonds is 2. The van der Waals surface area contributed by atoms with E-state index in [0.29, 0.717) is 11.8 Å². The maximum atomic E-state index is 6.62. The highest BCUT2D eigenvalue weighted by Gasteiger charge is 2.36. The third kappa shape index (κ3) is 2.72. The molecule has 2 unspecified atom stereocenters. The van der Waals surface area contributed by atoms with Gasteiger partial charge in [0.25, 0.3) is 0 Å². The van der Waals surface area contributed by atoms with Gasteiger partial charge in [0.1, 0.15) is 0 Å². The van der Waals surface area contributed by atoms with Gasteiger partial charge in [0.2, 0.25) is 0 Å². The van der Waals surface area contributed by atoms with E-state index in [9.17, 15) is 0 Å². The van der Waals surface area contributed by atoms with Gasteiger partial charge in [-0.15, -0.1) is 0 Å². The largest absolute Gasteiger partial charge is 0.325 e. The Labute approximate surface area is 115 Å². The van der Waals surface area contributed by atoms with Gasteiger partial charge in [-0.1, -0.05) is 25.4 Å². The first-order valence-electron chi connectivity index (χ1n) is 6.77. The van der Waals surface area contributed by atoms with Crippen molar-refractivity contribution in [1.82, 2.24) is 9.78 Å². The Morgan fingerprint density at radius 1 is 1.39 bits per heavy atom. The Morgan fingerprint density at radius 3 is 2.39 bits per heavy atom. The van der Waals surface area contributed by atoms with E-state index in [-0.39, 0.29) is 5.54 Å². The molecule has 1 heterocycles. The van der Waals surface area contributed by atoms with Crippen molar-refractivity contribution in [3.05, 3.63) is 16.4 Å². The second-order valence-corrected chi connectivity index (χ2v) is 6.74. The molecule has 102 valence electrons. The highest BCUT2D eigenvalue weighted by Crippen LogP contribution is 2.37. The Hall–Kier alpha value is -0.540. The molecule has 1 aliphatic carbocycles. The molecule has 0 bridgehead atoms. The fourth-order valence-corrected chi connectivity index (χ4v) is 3.90. The molecule has 0 saturated heterocycles. The molecule has 2 atom stereocenters. The molecule has 0 radical (unpaired) electrons. The van der Waals surface area contributed by atoms with E-state index in [4.69, 9.17) is 17.3 Å². The van der Waals surface area contributed by atoms with Crippen LogP contribution in [0.15, 0.2) is 0 Å². The molecule has 3 nitrogen and oxygen atoms in total. The molecular weight excluding hydrogens is 246 g/mol. The van der Waals surface area contributed by atoms with Crippen LogP contribution in [0.1, 0.15) is 44.5 Å². The van der Waals surface area contributed by atoms with E-state index in [1.165, 1.54) is 6.42 Å². The zero-order valence-corrected chi connectivity index (χ0v) is 12.6. The summed E-state index contributed by atoms with van der Waals surface area (Å²) in [5.41, 5.74) is 8.47. The zero-order valence-electron chi connectivity index (χ0n) is 11.8. The summed E-state index contributed by atoms with van der Waals surface area (Å²) < 4.78 is 1.89. The number of aryl methyl sites for hydroxylation is 2. The molecule has 0 amide bonds. The first kappa shape index (κ1) is 13.9. The molecule has 2 rings (SSSR count). The van der Waals surface area contributed by atoms with Crippen LogP contribution in [0.3, 0.4) is 0 Å². The molecule has 1 saturated carbocycles. The second kappa shape index (κ2) is 4.86. The lowest BCUT2D eigenvalue weighted by atomic mass is 9.70. The summed E-state index contributed by atoms with van der Waals surface area (Å²) >= 11 is 6.33. The minimum absolute atomic E-state index is 0.124. The van der Waals surface area contributed by atoms with Crippen LogP contribution in [-0.2, 0) is 13.5 Å². The molecule has 18 heavy (non-hydrogen) atoms.